The molecule has 1 aliphatic heterocycles. The van der Waals surface area contributed by atoms with Crippen LogP contribution in [0.15, 0.2) is 12.3 Å². The van der Waals surface area contributed by atoms with Gasteiger partial charge in [0.15, 0.2) is 0 Å². The smallest absolute Gasteiger partial charge is 0.234 e. The topological polar surface area (TPSA) is 63.7 Å². The molecule has 0 atom stereocenters. The molecule has 1 aromatic heterocycles. The van der Waals surface area contributed by atoms with Gasteiger partial charge in [-0.2, -0.15) is 0 Å². The van der Waals surface area contributed by atoms with E-state index in [0.717, 1.165) is 18.5 Å². The molecule has 27 heavy (non-hydrogen) atoms. The largest absolute Gasteiger partial charge is 0.476 e. The quantitative estimate of drug-likeness (QED) is 0.681. The summed E-state index contributed by atoms with van der Waals surface area (Å²) in [6.07, 6.45) is 4.12. The predicted molar refractivity (Wildman–Crippen MR) is 102 cm³/mol. The summed E-state index contributed by atoms with van der Waals surface area (Å²) < 4.78 is 24.9. The molecule has 0 unspecified atom stereocenters. The SMILES string of the molecule is CC(=O)NCCOC1CC(COc2nccc(N3CCC(F)CC3)c2Cl)C1. The maximum Gasteiger partial charge on any atom is 0.234 e. The lowest BCUT2D eigenvalue weighted by Crippen LogP contribution is -2.37. The highest BCUT2D eigenvalue weighted by Gasteiger charge is 2.31. The second-order valence-electron chi connectivity index (χ2n) is 7.24. The van der Waals surface area contributed by atoms with Crippen LogP contribution in [0.5, 0.6) is 5.88 Å². The molecule has 6 nitrogen and oxygen atoms in total. The van der Waals surface area contributed by atoms with E-state index in [1.165, 1.54) is 6.92 Å². The summed E-state index contributed by atoms with van der Waals surface area (Å²) in [5.41, 5.74) is 0.862. The van der Waals surface area contributed by atoms with Crippen LogP contribution in [0.25, 0.3) is 0 Å². The molecule has 8 heteroatoms. The first-order valence-corrected chi connectivity index (χ1v) is 9.93. The highest BCUT2D eigenvalue weighted by Crippen LogP contribution is 2.36. The van der Waals surface area contributed by atoms with Crippen LogP contribution in [0.3, 0.4) is 0 Å². The standard InChI is InChI=1S/C19H27ClFN3O3/c1-13(25)22-6-9-26-16-10-14(11-16)12-27-19-18(20)17(2-5-23-19)24-7-3-15(21)4-8-24/h2,5,14-16H,3-4,6-12H2,1H3,(H,22,25). The fourth-order valence-corrected chi connectivity index (χ4v) is 3.73. The van der Waals surface area contributed by atoms with Gasteiger partial charge in [0.1, 0.15) is 11.2 Å². The first-order chi connectivity index (χ1) is 13.0. The van der Waals surface area contributed by atoms with Crippen LogP contribution in [-0.4, -0.2) is 56.0 Å². The van der Waals surface area contributed by atoms with Crippen LogP contribution in [0.1, 0.15) is 32.6 Å². The molecular weight excluding hydrogens is 373 g/mol. The molecule has 3 rings (SSSR count). The van der Waals surface area contributed by atoms with Crippen LogP contribution in [0, 0.1) is 5.92 Å². The Morgan fingerprint density at radius 2 is 2.15 bits per heavy atom. The third-order valence-electron chi connectivity index (χ3n) is 5.08. The molecule has 0 spiro atoms. The van der Waals surface area contributed by atoms with Crippen molar-refractivity contribution >= 4 is 23.2 Å². The first kappa shape index (κ1) is 20.1. The number of amides is 1. The van der Waals surface area contributed by atoms with Gasteiger partial charge >= 0.3 is 0 Å². The summed E-state index contributed by atoms with van der Waals surface area (Å²) in [7, 11) is 0. The molecule has 2 heterocycles. The summed E-state index contributed by atoms with van der Waals surface area (Å²) in [6.45, 7) is 4.43. The van der Waals surface area contributed by atoms with Crippen LogP contribution in [0.2, 0.25) is 5.02 Å². The average Bonchev–Trinajstić information content (AvgIpc) is 2.61. The van der Waals surface area contributed by atoms with Crippen molar-refractivity contribution < 1.29 is 18.7 Å². The number of halogens is 2. The van der Waals surface area contributed by atoms with Crippen LogP contribution < -0.4 is 15.0 Å². The number of aromatic nitrogens is 1. The molecule has 1 saturated carbocycles. The average molecular weight is 400 g/mol. The molecule has 0 bridgehead atoms. The van der Waals surface area contributed by atoms with Gasteiger partial charge in [-0.1, -0.05) is 11.6 Å². The normalized spacial score (nSPS) is 23.0. The van der Waals surface area contributed by atoms with Crippen molar-refractivity contribution in [1.29, 1.82) is 0 Å². The predicted octanol–water partition coefficient (Wildman–Crippen LogP) is 2.98. The van der Waals surface area contributed by atoms with Gasteiger partial charge < -0.3 is 19.7 Å². The van der Waals surface area contributed by atoms with Gasteiger partial charge in [-0.05, 0) is 37.7 Å². The molecule has 1 amide bonds. The maximum absolute atomic E-state index is 13.3. The first-order valence-electron chi connectivity index (χ1n) is 9.55. The van der Waals surface area contributed by atoms with E-state index in [4.69, 9.17) is 21.1 Å². The number of nitrogens with zero attached hydrogens (tertiary/aromatic N) is 2. The lowest BCUT2D eigenvalue weighted by atomic mass is 9.83. The Morgan fingerprint density at radius 3 is 2.85 bits per heavy atom. The molecule has 1 aliphatic carbocycles. The van der Waals surface area contributed by atoms with Gasteiger partial charge in [0.25, 0.3) is 0 Å². The lowest BCUT2D eigenvalue weighted by Gasteiger charge is -2.35. The Bertz CT molecular complexity index is 635. The zero-order chi connectivity index (χ0) is 19.2. The number of piperidine rings is 1. The zero-order valence-electron chi connectivity index (χ0n) is 15.6. The van der Waals surface area contributed by atoms with Gasteiger partial charge in [-0.15, -0.1) is 0 Å². The monoisotopic (exact) mass is 399 g/mol. The second kappa shape index (κ2) is 9.55. The van der Waals surface area contributed by atoms with Crippen molar-refractivity contribution in [2.24, 2.45) is 5.92 Å². The van der Waals surface area contributed by atoms with Crippen molar-refractivity contribution in [2.45, 2.75) is 44.9 Å². The van der Waals surface area contributed by atoms with Gasteiger partial charge in [0.2, 0.25) is 11.8 Å². The van der Waals surface area contributed by atoms with Crippen LogP contribution in [0.4, 0.5) is 10.1 Å². The minimum Gasteiger partial charge on any atom is -0.476 e. The molecule has 0 radical (unpaired) electrons. The van der Waals surface area contributed by atoms with E-state index < -0.39 is 6.17 Å². The third kappa shape index (κ3) is 5.69. The summed E-state index contributed by atoms with van der Waals surface area (Å²) in [4.78, 5) is 17.1. The maximum atomic E-state index is 13.3. The Hall–Kier alpha value is -1.60. The van der Waals surface area contributed by atoms with Crippen molar-refractivity contribution in [3.8, 4) is 5.88 Å². The van der Waals surface area contributed by atoms with E-state index in [1.54, 1.807) is 6.20 Å². The highest BCUT2D eigenvalue weighted by atomic mass is 35.5. The van der Waals surface area contributed by atoms with Gasteiger partial charge in [-0.3, -0.25) is 4.79 Å². The Kier molecular flexibility index (Phi) is 7.13. The Morgan fingerprint density at radius 1 is 1.41 bits per heavy atom. The van der Waals surface area contributed by atoms with Gasteiger partial charge in [-0.25, -0.2) is 9.37 Å². The summed E-state index contributed by atoms with van der Waals surface area (Å²) in [5, 5.41) is 3.21. The van der Waals surface area contributed by atoms with Crippen molar-refractivity contribution in [1.82, 2.24) is 10.3 Å². The van der Waals surface area contributed by atoms with Gasteiger partial charge in [0.05, 0.1) is 25.0 Å². The minimum atomic E-state index is -0.718. The van der Waals surface area contributed by atoms with E-state index in [2.05, 4.69) is 15.2 Å². The lowest BCUT2D eigenvalue weighted by molar-refractivity contribution is -0.119. The highest BCUT2D eigenvalue weighted by molar-refractivity contribution is 6.34. The summed E-state index contributed by atoms with van der Waals surface area (Å²) in [5.74, 6) is 0.810. The fraction of sp³-hybridized carbons (Fsp3) is 0.684. The molecule has 150 valence electrons. The number of hydrogen-bond donors (Lipinski definition) is 1. The molecule has 1 saturated heterocycles. The number of rotatable bonds is 8. The molecule has 1 N–H and O–H groups in total. The number of carbonyl (C=O) groups excluding carboxylic acids is 1. The van der Waals surface area contributed by atoms with Crippen molar-refractivity contribution in [3.63, 3.8) is 0 Å². The molecule has 1 aromatic rings. The number of ether oxygens (including phenoxy) is 2. The number of alkyl halides is 1. The Balaban J connectivity index is 1.40. The number of hydrogen-bond acceptors (Lipinski definition) is 5. The Labute approximate surface area is 164 Å². The number of carbonyl (C=O) groups is 1. The fourth-order valence-electron chi connectivity index (χ4n) is 3.44. The van der Waals surface area contributed by atoms with E-state index in [9.17, 15) is 9.18 Å². The number of pyridine rings is 1. The molecule has 2 fully saturated rings. The van der Waals surface area contributed by atoms with E-state index in [0.29, 0.717) is 62.5 Å². The van der Waals surface area contributed by atoms with Crippen LogP contribution in [-0.2, 0) is 9.53 Å². The van der Waals surface area contributed by atoms with E-state index >= 15 is 0 Å². The van der Waals surface area contributed by atoms with Gasteiger partial charge in [0, 0.05) is 32.8 Å². The van der Waals surface area contributed by atoms with Crippen molar-refractivity contribution in [2.75, 3.05) is 37.7 Å². The van der Waals surface area contributed by atoms with Crippen LogP contribution >= 0.6 is 11.6 Å². The zero-order valence-corrected chi connectivity index (χ0v) is 16.4. The third-order valence-corrected chi connectivity index (χ3v) is 5.44. The molecule has 2 aliphatic rings. The number of nitrogens with one attached hydrogen (secondary N) is 1. The molecular formula is C19H27ClFN3O3. The van der Waals surface area contributed by atoms with E-state index in [1.807, 2.05) is 6.07 Å². The molecule has 0 aromatic carbocycles. The summed E-state index contributed by atoms with van der Waals surface area (Å²) >= 11 is 6.48. The number of anilines is 1. The minimum absolute atomic E-state index is 0.0424. The van der Waals surface area contributed by atoms with Crippen molar-refractivity contribution in [3.05, 3.63) is 17.3 Å². The second-order valence-corrected chi connectivity index (χ2v) is 7.61. The van der Waals surface area contributed by atoms with E-state index in [-0.39, 0.29) is 12.0 Å². The summed E-state index contributed by atoms with van der Waals surface area (Å²) in [6, 6.07) is 1.86.